The molecule has 0 aliphatic rings. The molecule has 1 atom stereocenters. The Balaban J connectivity index is 0.00000277. The van der Waals surface area contributed by atoms with Crippen LogP contribution in [0.5, 0.6) is 0 Å². The van der Waals surface area contributed by atoms with Gasteiger partial charge < -0.3 is 10.5 Å². The summed E-state index contributed by atoms with van der Waals surface area (Å²) < 4.78 is 7.68. The molecule has 1 aromatic heterocycles. The van der Waals surface area contributed by atoms with Crippen molar-refractivity contribution in [2.24, 2.45) is 11.1 Å². The summed E-state index contributed by atoms with van der Waals surface area (Å²) in [7, 11) is 2.10. The van der Waals surface area contributed by atoms with Crippen LogP contribution in [0.15, 0.2) is 6.20 Å². The fourth-order valence-electron chi connectivity index (χ4n) is 2.76. The molecule has 0 aliphatic heterocycles. The molecule has 6 nitrogen and oxygen atoms in total. The lowest BCUT2D eigenvalue weighted by Crippen LogP contribution is -2.44. The largest absolute Gasteiger partial charge is 0.361 e. The third-order valence-electron chi connectivity index (χ3n) is 3.93. The molecule has 0 saturated carbocycles. The van der Waals surface area contributed by atoms with Crippen molar-refractivity contribution in [2.45, 2.75) is 93.1 Å². The van der Waals surface area contributed by atoms with Gasteiger partial charge in [0.2, 0.25) is 0 Å². The lowest BCUT2D eigenvalue weighted by Gasteiger charge is -2.34. The summed E-state index contributed by atoms with van der Waals surface area (Å²) in [5.74, 6) is 0. The zero-order valence-corrected chi connectivity index (χ0v) is 18.0. The molecular formula is C19H41N5O. The van der Waals surface area contributed by atoms with E-state index in [0.717, 1.165) is 31.6 Å². The minimum absolute atomic E-state index is 0.0217. The summed E-state index contributed by atoms with van der Waals surface area (Å²) in [6.45, 7) is 19.0. The van der Waals surface area contributed by atoms with Crippen LogP contribution in [0.1, 0.15) is 73.9 Å². The Labute approximate surface area is 155 Å². The highest BCUT2D eigenvalue weighted by Crippen LogP contribution is 2.29. The van der Waals surface area contributed by atoms with Crippen LogP contribution >= 0.6 is 0 Å². The predicted octanol–water partition coefficient (Wildman–Crippen LogP) is 3.66. The van der Waals surface area contributed by atoms with Crippen molar-refractivity contribution in [3.05, 3.63) is 11.9 Å². The third-order valence-corrected chi connectivity index (χ3v) is 3.93. The van der Waals surface area contributed by atoms with Crippen molar-refractivity contribution < 1.29 is 4.74 Å². The van der Waals surface area contributed by atoms with Gasteiger partial charge in [-0.25, -0.2) is 0 Å². The van der Waals surface area contributed by atoms with Gasteiger partial charge in [0.25, 0.3) is 0 Å². The van der Waals surface area contributed by atoms with E-state index in [9.17, 15) is 0 Å². The number of aromatic nitrogens is 3. The van der Waals surface area contributed by atoms with E-state index in [2.05, 4.69) is 56.9 Å². The van der Waals surface area contributed by atoms with E-state index in [1.165, 1.54) is 0 Å². The lowest BCUT2D eigenvalue weighted by molar-refractivity contribution is -0.0576. The number of hydrogen-bond donors (Lipinski definition) is 1. The summed E-state index contributed by atoms with van der Waals surface area (Å²) >= 11 is 0. The Morgan fingerprint density at radius 1 is 1.28 bits per heavy atom. The fourth-order valence-corrected chi connectivity index (χ4v) is 2.76. The summed E-state index contributed by atoms with van der Waals surface area (Å²) in [6, 6.07) is 0.491. The first-order valence-electron chi connectivity index (χ1n) is 9.57. The van der Waals surface area contributed by atoms with Gasteiger partial charge in [-0.3, -0.25) is 9.58 Å². The Kier molecular flexibility index (Phi) is 10.5. The normalized spacial score (nSPS) is 14.4. The first kappa shape index (κ1) is 24.0. The molecule has 0 bridgehead atoms. The highest BCUT2D eigenvalue weighted by molar-refractivity contribution is 4.93. The lowest BCUT2D eigenvalue weighted by atomic mass is 9.84. The zero-order valence-electron chi connectivity index (χ0n) is 18.0. The summed E-state index contributed by atoms with van der Waals surface area (Å²) in [5.41, 5.74) is 6.64. The Morgan fingerprint density at radius 2 is 1.88 bits per heavy atom. The van der Waals surface area contributed by atoms with Crippen molar-refractivity contribution in [1.29, 1.82) is 0 Å². The van der Waals surface area contributed by atoms with E-state index < -0.39 is 5.72 Å². The molecule has 25 heavy (non-hydrogen) atoms. The number of ether oxygens (including phenoxy) is 1. The van der Waals surface area contributed by atoms with Gasteiger partial charge in [-0.2, -0.15) is 0 Å². The van der Waals surface area contributed by atoms with Gasteiger partial charge in [-0.05, 0) is 46.1 Å². The smallest absolute Gasteiger partial charge is 0.114 e. The minimum Gasteiger partial charge on any atom is -0.361 e. The van der Waals surface area contributed by atoms with Crippen molar-refractivity contribution in [3.63, 3.8) is 0 Å². The number of nitrogens with zero attached hydrogens (tertiary/aromatic N) is 4. The highest BCUT2D eigenvalue weighted by Gasteiger charge is 2.30. The van der Waals surface area contributed by atoms with Crippen LogP contribution in [0.2, 0.25) is 0 Å². The first-order valence-corrected chi connectivity index (χ1v) is 9.57. The Morgan fingerprint density at radius 3 is 2.40 bits per heavy atom. The summed E-state index contributed by atoms with van der Waals surface area (Å²) in [4.78, 5) is 2.25. The Hall–Kier alpha value is -0.980. The number of nitrogens with two attached hydrogens (primary N) is 1. The van der Waals surface area contributed by atoms with E-state index in [4.69, 9.17) is 10.5 Å². The van der Waals surface area contributed by atoms with E-state index >= 15 is 0 Å². The maximum atomic E-state index is 6.27. The van der Waals surface area contributed by atoms with Gasteiger partial charge in [0.1, 0.15) is 5.72 Å². The molecule has 0 radical (unpaired) electrons. The molecular weight excluding hydrogens is 314 g/mol. The third kappa shape index (κ3) is 9.92. The monoisotopic (exact) mass is 355 g/mol. The molecule has 0 amide bonds. The SMILES string of the molecule is CC.CCCOC(C)(N)CC(C)(C)Cn1cc(CN(C)C(C)C)nn1. The zero-order chi connectivity index (χ0) is 19.7. The van der Waals surface area contributed by atoms with Crippen LogP contribution in [0, 0.1) is 5.41 Å². The molecule has 0 saturated heterocycles. The highest BCUT2D eigenvalue weighted by atomic mass is 16.5. The van der Waals surface area contributed by atoms with E-state index in [1.54, 1.807) is 0 Å². The van der Waals surface area contributed by atoms with Gasteiger partial charge in [0.15, 0.2) is 0 Å². The van der Waals surface area contributed by atoms with Crippen LogP contribution in [0.3, 0.4) is 0 Å². The molecule has 0 aromatic carbocycles. The van der Waals surface area contributed by atoms with Crippen LogP contribution in [-0.2, 0) is 17.8 Å². The first-order chi connectivity index (χ1) is 11.5. The molecule has 148 valence electrons. The average molecular weight is 356 g/mol. The molecule has 1 rings (SSSR count). The molecule has 0 spiro atoms. The summed E-state index contributed by atoms with van der Waals surface area (Å²) in [6.07, 6.45) is 3.77. The topological polar surface area (TPSA) is 69.2 Å². The second-order valence-electron chi connectivity index (χ2n) is 7.92. The molecule has 6 heteroatoms. The quantitative estimate of drug-likeness (QED) is 0.649. The maximum Gasteiger partial charge on any atom is 0.114 e. The molecule has 1 aromatic rings. The van der Waals surface area contributed by atoms with Gasteiger partial charge in [-0.15, -0.1) is 5.10 Å². The fraction of sp³-hybridized carbons (Fsp3) is 0.895. The molecule has 0 aliphatic carbocycles. The van der Waals surface area contributed by atoms with Crippen LogP contribution < -0.4 is 5.73 Å². The second kappa shape index (κ2) is 10.9. The van der Waals surface area contributed by atoms with Crippen molar-refractivity contribution >= 4 is 0 Å². The molecule has 0 fully saturated rings. The standard InChI is InChI=1S/C17H35N5O.C2H6/c1-8-9-23-17(6,18)12-16(4,5)13-22-11-15(19-20-22)10-21(7)14(2)3;1-2/h11,14H,8-10,12-13,18H2,1-7H3;1-2H3. The van der Waals surface area contributed by atoms with Crippen LogP contribution in [-0.4, -0.2) is 45.3 Å². The second-order valence-corrected chi connectivity index (χ2v) is 7.92. The van der Waals surface area contributed by atoms with Crippen LogP contribution in [0.25, 0.3) is 0 Å². The average Bonchev–Trinajstić information content (AvgIpc) is 2.92. The van der Waals surface area contributed by atoms with Gasteiger partial charge in [0, 0.05) is 31.9 Å². The predicted molar refractivity (Wildman–Crippen MR) is 105 cm³/mol. The minimum atomic E-state index is -0.610. The van der Waals surface area contributed by atoms with Crippen LogP contribution in [0.4, 0.5) is 0 Å². The maximum absolute atomic E-state index is 6.27. The molecule has 2 N–H and O–H groups in total. The van der Waals surface area contributed by atoms with Gasteiger partial charge >= 0.3 is 0 Å². The molecule has 1 unspecified atom stereocenters. The number of rotatable bonds is 10. The van der Waals surface area contributed by atoms with Gasteiger partial charge in [0.05, 0.1) is 5.69 Å². The van der Waals surface area contributed by atoms with Gasteiger partial charge in [-0.1, -0.05) is 39.8 Å². The van der Waals surface area contributed by atoms with Crippen molar-refractivity contribution in [2.75, 3.05) is 13.7 Å². The Bertz CT molecular complexity index is 468. The number of hydrogen-bond acceptors (Lipinski definition) is 5. The molecule has 1 heterocycles. The van der Waals surface area contributed by atoms with E-state index in [0.29, 0.717) is 12.6 Å². The summed E-state index contributed by atoms with van der Waals surface area (Å²) in [5, 5.41) is 8.54. The van der Waals surface area contributed by atoms with Crippen molar-refractivity contribution in [3.8, 4) is 0 Å². The van der Waals surface area contributed by atoms with E-state index in [-0.39, 0.29) is 5.41 Å². The van der Waals surface area contributed by atoms with E-state index in [1.807, 2.05) is 31.6 Å². The van der Waals surface area contributed by atoms with Crippen molar-refractivity contribution in [1.82, 2.24) is 19.9 Å².